The van der Waals surface area contributed by atoms with Crippen LogP contribution in [0.4, 0.5) is 9.18 Å². The summed E-state index contributed by atoms with van der Waals surface area (Å²) in [4.78, 5) is 27.7. The number of benzene rings is 2. The van der Waals surface area contributed by atoms with Crippen molar-refractivity contribution in [3.63, 3.8) is 0 Å². The molecule has 7 nitrogen and oxygen atoms in total. The summed E-state index contributed by atoms with van der Waals surface area (Å²) in [6.07, 6.45) is 0.377. The van der Waals surface area contributed by atoms with Gasteiger partial charge in [-0.15, -0.1) is 12.4 Å². The lowest BCUT2D eigenvalue weighted by atomic mass is 10.1. The number of halogens is 2. The van der Waals surface area contributed by atoms with Crippen molar-refractivity contribution in [1.29, 1.82) is 0 Å². The van der Waals surface area contributed by atoms with Gasteiger partial charge in [-0.1, -0.05) is 12.1 Å². The topological polar surface area (TPSA) is 85.1 Å². The Kier molecular flexibility index (Phi) is 9.08. The maximum atomic E-state index is 14.4. The minimum Gasteiger partial charge on any atom is -0.457 e. The van der Waals surface area contributed by atoms with Crippen LogP contribution in [0.1, 0.15) is 22.8 Å². The van der Waals surface area contributed by atoms with E-state index in [1.54, 1.807) is 6.92 Å². The van der Waals surface area contributed by atoms with Gasteiger partial charge in [-0.2, -0.15) is 0 Å². The SMILES string of the molecule is CCOC(=O)N1CCN(C(=O)c2cc(Oc3ccc(CCN)cc3)ccc2F)CC1.Cl. The van der Waals surface area contributed by atoms with Crippen molar-refractivity contribution in [2.45, 2.75) is 13.3 Å². The molecular weight excluding hydrogens is 425 g/mol. The van der Waals surface area contributed by atoms with Crippen LogP contribution < -0.4 is 10.5 Å². The highest BCUT2D eigenvalue weighted by molar-refractivity contribution is 5.95. The van der Waals surface area contributed by atoms with E-state index in [0.717, 1.165) is 12.0 Å². The molecule has 2 aromatic rings. The van der Waals surface area contributed by atoms with Crippen molar-refractivity contribution in [2.75, 3.05) is 39.3 Å². The zero-order chi connectivity index (χ0) is 21.5. The molecule has 2 aromatic carbocycles. The maximum absolute atomic E-state index is 14.4. The number of hydrogen-bond acceptors (Lipinski definition) is 5. The molecule has 1 aliphatic rings. The lowest BCUT2D eigenvalue weighted by molar-refractivity contribution is 0.0566. The van der Waals surface area contributed by atoms with Crippen LogP contribution in [0.5, 0.6) is 11.5 Å². The molecule has 2 amide bonds. The fourth-order valence-corrected chi connectivity index (χ4v) is 3.24. The first kappa shape index (κ1) is 24.4. The van der Waals surface area contributed by atoms with E-state index >= 15 is 0 Å². The molecule has 0 aromatic heterocycles. The summed E-state index contributed by atoms with van der Waals surface area (Å²) in [7, 11) is 0. The monoisotopic (exact) mass is 451 g/mol. The smallest absolute Gasteiger partial charge is 0.409 e. The molecule has 1 heterocycles. The summed E-state index contributed by atoms with van der Waals surface area (Å²) in [5.74, 6) is -0.0847. The number of carbonyl (C=O) groups is 2. The number of nitrogens with two attached hydrogens (primary N) is 1. The van der Waals surface area contributed by atoms with Gasteiger partial charge in [0.1, 0.15) is 17.3 Å². The summed E-state index contributed by atoms with van der Waals surface area (Å²) in [6, 6.07) is 11.6. The molecule has 0 spiro atoms. The van der Waals surface area contributed by atoms with Gasteiger partial charge < -0.3 is 25.0 Å². The Morgan fingerprint density at radius 3 is 2.23 bits per heavy atom. The molecule has 0 saturated carbocycles. The Morgan fingerprint density at radius 1 is 1.00 bits per heavy atom. The maximum Gasteiger partial charge on any atom is 0.409 e. The summed E-state index contributed by atoms with van der Waals surface area (Å²) < 4.78 is 25.1. The summed E-state index contributed by atoms with van der Waals surface area (Å²) in [6.45, 7) is 3.91. The Labute approximate surface area is 187 Å². The third-order valence-electron chi connectivity index (χ3n) is 4.85. The van der Waals surface area contributed by atoms with Gasteiger partial charge in [0, 0.05) is 26.2 Å². The third-order valence-corrected chi connectivity index (χ3v) is 4.85. The highest BCUT2D eigenvalue weighted by atomic mass is 35.5. The number of ether oxygens (including phenoxy) is 2. The van der Waals surface area contributed by atoms with Crippen molar-refractivity contribution < 1.29 is 23.5 Å². The molecule has 2 N–H and O–H groups in total. The number of carbonyl (C=O) groups excluding carboxylic acids is 2. The van der Waals surface area contributed by atoms with Gasteiger partial charge in [0.15, 0.2) is 0 Å². The molecule has 1 saturated heterocycles. The first-order valence-electron chi connectivity index (χ1n) is 9.99. The average molecular weight is 452 g/mol. The van der Waals surface area contributed by atoms with E-state index in [1.165, 1.54) is 28.0 Å². The zero-order valence-electron chi connectivity index (χ0n) is 17.4. The van der Waals surface area contributed by atoms with Crippen LogP contribution in [0.25, 0.3) is 0 Å². The normalized spacial score (nSPS) is 13.4. The van der Waals surface area contributed by atoms with E-state index in [4.69, 9.17) is 15.2 Å². The van der Waals surface area contributed by atoms with Crippen LogP contribution in [0, 0.1) is 5.82 Å². The molecule has 31 heavy (non-hydrogen) atoms. The lowest BCUT2D eigenvalue weighted by Crippen LogP contribution is -2.50. The number of nitrogens with zero attached hydrogens (tertiary/aromatic N) is 2. The molecule has 0 radical (unpaired) electrons. The quantitative estimate of drug-likeness (QED) is 0.727. The predicted molar refractivity (Wildman–Crippen MR) is 117 cm³/mol. The van der Waals surface area contributed by atoms with Crippen LogP contribution in [0.15, 0.2) is 42.5 Å². The van der Waals surface area contributed by atoms with Gasteiger partial charge in [-0.25, -0.2) is 9.18 Å². The Morgan fingerprint density at radius 2 is 1.61 bits per heavy atom. The molecule has 168 valence electrons. The number of hydrogen-bond donors (Lipinski definition) is 1. The van der Waals surface area contributed by atoms with Crippen molar-refractivity contribution >= 4 is 24.4 Å². The number of rotatable bonds is 6. The van der Waals surface area contributed by atoms with Gasteiger partial charge in [0.25, 0.3) is 5.91 Å². The second kappa shape index (κ2) is 11.5. The van der Waals surface area contributed by atoms with E-state index in [1.807, 2.05) is 24.3 Å². The fourth-order valence-electron chi connectivity index (χ4n) is 3.24. The molecule has 0 bridgehead atoms. The number of piperazine rings is 1. The van der Waals surface area contributed by atoms with Crippen LogP contribution in [-0.4, -0.2) is 61.1 Å². The highest BCUT2D eigenvalue weighted by Crippen LogP contribution is 2.25. The fraction of sp³-hybridized carbons (Fsp3) is 0.364. The van der Waals surface area contributed by atoms with E-state index in [9.17, 15) is 14.0 Å². The Bertz CT molecular complexity index is 887. The predicted octanol–water partition coefficient (Wildman–Crippen LogP) is 3.46. The molecule has 1 fully saturated rings. The lowest BCUT2D eigenvalue weighted by Gasteiger charge is -2.34. The summed E-state index contributed by atoms with van der Waals surface area (Å²) in [5.41, 5.74) is 6.59. The summed E-state index contributed by atoms with van der Waals surface area (Å²) in [5, 5.41) is 0. The second-order valence-corrected chi connectivity index (χ2v) is 6.90. The first-order valence-corrected chi connectivity index (χ1v) is 9.99. The second-order valence-electron chi connectivity index (χ2n) is 6.90. The largest absolute Gasteiger partial charge is 0.457 e. The molecule has 0 aliphatic carbocycles. The van der Waals surface area contributed by atoms with Gasteiger partial charge in [-0.05, 0) is 55.8 Å². The van der Waals surface area contributed by atoms with Crippen LogP contribution in [-0.2, 0) is 11.2 Å². The van der Waals surface area contributed by atoms with Gasteiger partial charge in [0.05, 0.1) is 12.2 Å². The standard InChI is InChI=1S/C22H26FN3O4.ClH/c1-2-29-22(28)26-13-11-25(12-14-26)21(27)19-15-18(7-8-20(19)23)30-17-5-3-16(4-6-17)9-10-24;/h3-8,15H,2,9-14,24H2,1H3;1H. The van der Waals surface area contributed by atoms with Crippen LogP contribution >= 0.6 is 12.4 Å². The van der Waals surface area contributed by atoms with E-state index in [0.29, 0.717) is 50.8 Å². The van der Waals surface area contributed by atoms with E-state index < -0.39 is 17.8 Å². The van der Waals surface area contributed by atoms with Crippen molar-refractivity contribution in [1.82, 2.24) is 9.80 Å². The molecule has 0 atom stereocenters. The molecule has 1 aliphatic heterocycles. The Hall–Kier alpha value is -2.84. The van der Waals surface area contributed by atoms with E-state index in [-0.39, 0.29) is 18.0 Å². The van der Waals surface area contributed by atoms with Gasteiger partial charge in [-0.3, -0.25) is 4.79 Å². The highest BCUT2D eigenvalue weighted by Gasteiger charge is 2.27. The van der Waals surface area contributed by atoms with Gasteiger partial charge in [0.2, 0.25) is 0 Å². The average Bonchev–Trinajstić information content (AvgIpc) is 2.76. The summed E-state index contributed by atoms with van der Waals surface area (Å²) >= 11 is 0. The molecular formula is C22H27ClFN3O4. The zero-order valence-corrected chi connectivity index (χ0v) is 18.2. The first-order chi connectivity index (χ1) is 14.5. The Balaban J connectivity index is 0.00000341. The minimum absolute atomic E-state index is 0. The third kappa shape index (κ3) is 6.32. The van der Waals surface area contributed by atoms with E-state index in [2.05, 4.69) is 0 Å². The van der Waals surface area contributed by atoms with Crippen molar-refractivity contribution in [2.24, 2.45) is 5.73 Å². The minimum atomic E-state index is -0.613. The van der Waals surface area contributed by atoms with Crippen LogP contribution in [0.2, 0.25) is 0 Å². The molecule has 9 heteroatoms. The number of amides is 2. The molecule has 3 rings (SSSR count). The molecule has 0 unspecified atom stereocenters. The van der Waals surface area contributed by atoms with Crippen LogP contribution in [0.3, 0.4) is 0 Å². The van der Waals surface area contributed by atoms with Crippen molar-refractivity contribution in [3.8, 4) is 11.5 Å². The van der Waals surface area contributed by atoms with Crippen molar-refractivity contribution in [3.05, 3.63) is 59.4 Å². The van der Waals surface area contributed by atoms with Gasteiger partial charge >= 0.3 is 6.09 Å².